The van der Waals surface area contributed by atoms with Crippen LogP contribution < -0.4 is 11.2 Å². The Morgan fingerprint density at radius 2 is 2.07 bits per heavy atom. The number of hydrogen-bond acceptors (Lipinski definition) is 3. The Bertz CT molecular complexity index is 605. The summed E-state index contributed by atoms with van der Waals surface area (Å²) in [6.07, 6.45) is 2.99. The van der Waals surface area contributed by atoms with Crippen LogP contribution in [0.25, 0.3) is 11.1 Å². The molecule has 0 aliphatic rings. The molecule has 15 heavy (non-hydrogen) atoms. The van der Waals surface area contributed by atoms with E-state index in [1.54, 1.807) is 17.9 Å². The smallest absolute Gasteiger partial charge is 0.313 e. The highest BCUT2D eigenvalue weighted by atomic mass is 16.2. The summed E-state index contributed by atoms with van der Waals surface area (Å²) >= 11 is 0. The van der Waals surface area contributed by atoms with Crippen LogP contribution in [0.15, 0.2) is 22.0 Å². The van der Waals surface area contributed by atoms with E-state index in [0.717, 1.165) is 11.3 Å². The third-order valence-corrected chi connectivity index (χ3v) is 2.34. The molecule has 78 valence electrons. The summed E-state index contributed by atoms with van der Waals surface area (Å²) in [4.78, 5) is 26.9. The molecular weight excluding hydrogens is 196 g/mol. The second kappa shape index (κ2) is 3.23. The fourth-order valence-corrected chi connectivity index (χ4v) is 1.37. The summed E-state index contributed by atoms with van der Waals surface area (Å²) in [5, 5.41) is 4.03. The van der Waals surface area contributed by atoms with Gasteiger partial charge in [-0.25, -0.2) is 4.79 Å². The minimum Gasteiger partial charge on any atom is -0.313 e. The van der Waals surface area contributed by atoms with E-state index in [-0.39, 0.29) is 0 Å². The maximum atomic E-state index is 11.5. The van der Waals surface area contributed by atoms with Crippen LogP contribution in [0.1, 0.15) is 5.69 Å². The molecule has 6 heteroatoms. The van der Waals surface area contributed by atoms with E-state index in [1.807, 2.05) is 6.92 Å². The van der Waals surface area contributed by atoms with Gasteiger partial charge in [0.1, 0.15) is 0 Å². The van der Waals surface area contributed by atoms with E-state index in [0.29, 0.717) is 5.56 Å². The fraction of sp³-hybridized carbons (Fsp3) is 0.222. The zero-order valence-corrected chi connectivity index (χ0v) is 8.37. The molecule has 6 nitrogen and oxygen atoms in total. The van der Waals surface area contributed by atoms with Gasteiger partial charge in [0.2, 0.25) is 0 Å². The molecular formula is C9H10N4O2. The van der Waals surface area contributed by atoms with Crippen molar-refractivity contribution in [2.24, 2.45) is 7.05 Å². The van der Waals surface area contributed by atoms with Crippen molar-refractivity contribution in [2.75, 3.05) is 0 Å². The molecule has 0 unspecified atom stereocenters. The van der Waals surface area contributed by atoms with E-state index in [9.17, 15) is 9.59 Å². The van der Waals surface area contributed by atoms with Gasteiger partial charge in [-0.05, 0) is 6.92 Å². The van der Waals surface area contributed by atoms with Crippen molar-refractivity contribution in [1.29, 1.82) is 0 Å². The molecule has 0 atom stereocenters. The molecule has 0 spiro atoms. The SMILES string of the molecule is Cc1c(-c2c[nH]c(=O)[nH]c2=O)cnn1C. The number of nitrogens with zero attached hydrogens (tertiary/aromatic N) is 2. The Morgan fingerprint density at radius 3 is 2.60 bits per heavy atom. The third kappa shape index (κ3) is 1.50. The number of aromatic nitrogens is 4. The summed E-state index contributed by atoms with van der Waals surface area (Å²) < 4.78 is 1.67. The van der Waals surface area contributed by atoms with Crippen LogP contribution in [-0.4, -0.2) is 19.7 Å². The Kier molecular flexibility index (Phi) is 2.03. The van der Waals surface area contributed by atoms with E-state index >= 15 is 0 Å². The van der Waals surface area contributed by atoms with Crippen LogP contribution in [0.3, 0.4) is 0 Å². The quantitative estimate of drug-likeness (QED) is 0.676. The van der Waals surface area contributed by atoms with E-state index in [1.165, 1.54) is 6.20 Å². The number of H-pyrrole nitrogens is 2. The summed E-state index contributed by atoms with van der Waals surface area (Å²) in [6.45, 7) is 1.85. The minimum absolute atomic E-state index is 0.408. The van der Waals surface area contributed by atoms with Crippen molar-refractivity contribution in [1.82, 2.24) is 19.7 Å². The van der Waals surface area contributed by atoms with Gasteiger partial charge in [0.25, 0.3) is 5.56 Å². The van der Waals surface area contributed by atoms with E-state index in [2.05, 4.69) is 15.1 Å². The highest BCUT2D eigenvalue weighted by Gasteiger charge is 2.09. The molecule has 2 rings (SSSR count). The fourth-order valence-electron chi connectivity index (χ4n) is 1.37. The zero-order chi connectivity index (χ0) is 11.0. The van der Waals surface area contributed by atoms with Crippen molar-refractivity contribution in [3.05, 3.63) is 38.9 Å². The first-order valence-corrected chi connectivity index (χ1v) is 4.40. The van der Waals surface area contributed by atoms with Gasteiger partial charge in [0.05, 0.1) is 11.8 Å². The second-order valence-electron chi connectivity index (χ2n) is 3.25. The van der Waals surface area contributed by atoms with Gasteiger partial charge in [-0.1, -0.05) is 0 Å². The van der Waals surface area contributed by atoms with Crippen LogP contribution in [0.4, 0.5) is 0 Å². The molecule has 0 saturated heterocycles. The van der Waals surface area contributed by atoms with Gasteiger partial charge in [-0.3, -0.25) is 14.5 Å². The molecule has 0 aliphatic carbocycles. The van der Waals surface area contributed by atoms with Crippen LogP contribution in [0.2, 0.25) is 0 Å². The summed E-state index contributed by atoms with van der Waals surface area (Å²) in [5.41, 5.74) is 1.09. The average Bonchev–Trinajstić information content (AvgIpc) is 2.49. The van der Waals surface area contributed by atoms with Crippen molar-refractivity contribution in [2.45, 2.75) is 6.92 Å². The van der Waals surface area contributed by atoms with Crippen molar-refractivity contribution in [3.8, 4) is 11.1 Å². The normalized spacial score (nSPS) is 10.5. The monoisotopic (exact) mass is 206 g/mol. The zero-order valence-electron chi connectivity index (χ0n) is 8.37. The molecule has 0 fully saturated rings. The van der Waals surface area contributed by atoms with Crippen molar-refractivity contribution < 1.29 is 0 Å². The maximum Gasteiger partial charge on any atom is 0.325 e. The summed E-state index contributed by atoms with van der Waals surface area (Å²) in [7, 11) is 1.79. The highest BCUT2D eigenvalue weighted by Crippen LogP contribution is 2.16. The van der Waals surface area contributed by atoms with Gasteiger partial charge in [-0.2, -0.15) is 5.10 Å². The Labute approximate surface area is 84.6 Å². The lowest BCUT2D eigenvalue weighted by atomic mass is 10.1. The lowest BCUT2D eigenvalue weighted by Gasteiger charge is -1.98. The molecule has 2 heterocycles. The molecule has 0 saturated carbocycles. The number of hydrogen-bond donors (Lipinski definition) is 2. The van der Waals surface area contributed by atoms with Gasteiger partial charge in [0, 0.05) is 24.5 Å². The van der Waals surface area contributed by atoms with Crippen LogP contribution in [0.5, 0.6) is 0 Å². The van der Waals surface area contributed by atoms with Crippen LogP contribution in [0, 0.1) is 6.92 Å². The number of aromatic amines is 2. The Morgan fingerprint density at radius 1 is 1.33 bits per heavy atom. The van der Waals surface area contributed by atoms with Gasteiger partial charge in [0.15, 0.2) is 0 Å². The molecule has 2 aromatic heterocycles. The molecule has 0 bridgehead atoms. The lowest BCUT2D eigenvalue weighted by Crippen LogP contribution is -2.22. The van der Waals surface area contributed by atoms with Crippen LogP contribution >= 0.6 is 0 Å². The first-order valence-electron chi connectivity index (χ1n) is 4.40. The lowest BCUT2D eigenvalue weighted by molar-refractivity contribution is 0.740. The summed E-state index contributed by atoms with van der Waals surface area (Å²) in [6, 6.07) is 0. The second-order valence-corrected chi connectivity index (χ2v) is 3.25. The molecule has 0 amide bonds. The third-order valence-electron chi connectivity index (χ3n) is 2.34. The topological polar surface area (TPSA) is 83.5 Å². The molecule has 2 aromatic rings. The number of rotatable bonds is 1. The predicted octanol–water partition coefficient (Wildman–Crippen LogP) is -0.228. The van der Waals surface area contributed by atoms with Gasteiger partial charge in [-0.15, -0.1) is 0 Å². The minimum atomic E-state index is -0.509. The predicted molar refractivity (Wildman–Crippen MR) is 54.6 cm³/mol. The molecule has 0 aliphatic heterocycles. The van der Waals surface area contributed by atoms with Gasteiger partial charge >= 0.3 is 5.69 Å². The maximum absolute atomic E-state index is 11.5. The van der Waals surface area contributed by atoms with Crippen LogP contribution in [-0.2, 0) is 7.05 Å². The Balaban J connectivity index is 2.70. The van der Waals surface area contributed by atoms with Crippen molar-refractivity contribution in [3.63, 3.8) is 0 Å². The molecule has 2 N–H and O–H groups in total. The average molecular weight is 206 g/mol. The molecule has 0 radical (unpaired) electrons. The molecule has 0 aromatic carbocycles. The van der Waals surface area contributed by atoms with E-state index in [4.69, 9.17) is 0 Å². The Hall–Kier alpha value is -2.11. The largest absolute Gasteiger partial charge is 0.325 e. The van der Waals surface area contributed by atoms with E-state index < -0.39 is 11.2 Å². The summed E-state index contributed by atoms with van der Waals surface area (Å²) in [5.74, 6) is 0. The number of nitrogens with one attached hydrogen (secondary N) is 2. The van der Waals surface area contributed by atoms with Crippen molar-refractivity contribution >= 4 is 0 Å². The highest BCUT2D eigenvalue weighted by molar-refractivity contribution is 5.62. The number of aryl methyl sites for hydroxylation is 1. The first kappa shape index (κ1) is 9.45. The first-order chi connectivity index (χ1) is 7.09. The standard InChI is InChI=1S/C9H10N4O2/c1-5-6(4-11-13(5)2)7-3-10-9(15)12-8(7)14/h3-4H,1-2H3,(H2,10,12,14,15). The van der Waals surface area contributed by atoms with Gasteiger partial charge < -0.3 is 4.98 Å².